The van der Waals surface area contributed by atoms with Crippen LogP contribution in [0.25, 0.3) is 156 Å². The number of hydrogen-bond donors (Lipinski definition) is 0. The Morgan fingerprint density at radius 2 is 0.358 bits per heavy atom. The van der Waals surface area contributed by atoms with Crippen molar-refractivity contribution in [2.45, 2.75) is 221 Å². The zero-order valence-corrected chi connectivity index (χ0v) is 91.8. The molecule has 702 valence electrons. The number of rotatable bonds is 50. The molecule has 17 aromatic heterocycles. The topological polar surface area (TPSA) is 52.6 Å². The lowest BCUT2D eigenvalue weighted by molar-refractivity contribution is 0.0469. The Hall–Kier alpha value is -7.72. The van der Waals surface area contributed by atoms with E-state index in [-0.39, 0.29) is 25.2 Å². The Morgan fingerprint density at radius 1 is 0.182 bits per heavy atom. The molecule has 0 unspecified atom stereocenters. The molecule has 0 saturated heterocycles. The van der Waals surface area contributed by atoms with Gasteiger partial charge in [-0.1, -0.05) is 217 Å². The van der Waals surface area contributed by atoms with Gasteiger partial charge in [0.25, 0.3) is 0 Å². The van der Waals surface area contributed by atoms with Crippen LogP contribution in [0.2, 0.25) is 0 Å². The van der Waals surface area contributed by atoms with E-state index < -0.39 is 0 Å². The second-order valence-electron chi connectivity index (χ2n) is 35.2. The van der Waals surface area contributed by atoms with E-state index in [9.17, 15) is 9.59 Å². The molecular weight excluding hydrogens is 2000 g/mol. The van der Waals surface area contributed by atoms with Crippen LogP contribution in [0, 0.1) is 0 Å². The molecule has 0 atom stereocenters. The third kappa shape index (κ3) is 24.8. The fourth-order valence-corrected chi connectivity index (χ4v) is 36.8. The SMILES string of the molecule is CCCCCCCCc1cc(-c2ccc(-c3ccc(C(=O)OCc4ccccc4)s3)s2)sc1-c1ccc(-c2ccc(-c3cc(CCCCCCCC)c(-c4ccc(-c5ccc(-c6ccc(-c7ccc(-c8ccc(-c9sc(-c%10ccc(-c%11ccc(-c%12sc(-c%13ccc(-c%14ccc(C(=O)OCc%15ccccc%15)s%14)s%13)cc%12CCCCCCCC)s%11)s%10)cc9CCCCCCCC)s8)s7)s6)s5)s4)s3)s2)s1. The fraction of sp³-hybridized carbons (Fsp3) is 0.293. The lowest BCUT2D eigenvalue weighted by Gasteiger charge is -2.03. The molecule has 0 fully saturated rings. The zero-order valence-electron chi connectivity index (χ0n) is 77.9. The van der Waals surface area contributed by atoms with E-state index in [1.807, 2.05) is 243 Å². The van der Waals surface area contributed by atoms with Crippen molar-refractivity contribution < 1.29 is 19.1 Å². The second kappa shape index (κ2) is 48.4. The van der Waals surface area contributed by atoms with Gasteiger partial charge in [0.1, 0.15) is 23.0 Å². The van der Waals surface area contributed by atoms with Crippen molar-refractivity contribution in [1.82, 2.24) is 0 Å². The van der Waals surface area contributed by atoms with Gasteiger partial charge in [0, 0.05) is 156 Å². The molecule has 0 amide bonds. The van der Waals surface area contributed by atoms with Crippen LogP contribution in [0.4, 0.5) is 0 Å². The molecule has 2 aromatic carbocycles. The maximum atomic E-state index is 13.2. The van der Waals surface area contributed by atoms with Gasteiger partial charge in [-0.2, -0.15) is 0 Å². The first-order chi connectivity index (χ1) is 67.5. The number of unbranched alkanes of at least 4 members (excludes halogenated alkanes) is 20. The lowest BCUT2D eigenvalue weighted by Crippen LogP contribution is -2.02. The Morgan fingerprint density at radius 3 is 0.577 bits per heavy atom. The first-order valence-corrected chi connectivity index (χ1v) is 62.6. The minimum Gasteiger partial charge on any atom is -0.457 e. The molecule has 19 aromatic rings. The standard InChI is InChI=1S/C116H112O4S17/c1-5-9-13-17-21-31-39-77-69-107(97-53-49-87(124-97)93-59-65-103(130-93)113-79(41-33-23-19-15-11-7-3)71-109(136-113)99-55-51-89(126-99)95-61-67-105(132-95)115(117)119-73-75-35-27-25-28-36-75)134-111(77)101-63-57-91(128-101)85-47-45-83(122-85)81-43-44-82(121-81)84-46-48-86(123-84)92-58-64-102(129-92)112-78(40-32-22-18-14-10-6-2)70-108(135-112)98-54-50-88(125-98)94-60-66-104(131-94)114-80(42-34-24-20-16-12-8-4)72-110(137-114)100-56-52-90(127-100)96-62-68-106(133-96)116(118)120-74-76-37-29-26-30-38-76/h25-30,35-38,43-72H,5-24,31-34,39-42,73-74H2,1-4H3. The maximum absolute atomic E-state index is 13.2. The summed E-state index contributed by atoms with van der Waals surface area (Å²) in [4.78, 5) is 69.9. The van der Waals surface area contributed by atoms with Crippen molar-refractivity contribution in [1.29, 1.82) is 0 Å². The molecule has 0 radical (unpaired) electrons. The summed E-state index contributed by atoms with van der Waals surface area (Å²) in [6, 6.07) is 89.6. The minimum absolute atomic E-state index is 0.267. The van der Waals surface area contributed by atoms with E-state index in [1.54, 1.807) is 0 Å². The van der Waals surface area contributed by atoms with Crippen LogP contribution in [-0.4, -0.2) is 11.9 Å². The Kier molecular flexibility index (Phi) is 34.6. The first-order valence-electron chi connectivity index (χ1n) is 48.8. The third-order valence-electron chi connectivity index (χ3n) is 24.9. The van der Waals surface area contributed by atoms with Gasteiger partial charge in [-0.05, 0) is 267 Å². The summed E-state index contributed by atoms with van der Waals surface area (Å²) >= 11 is 32.1. The van der Waals surface area contributed by atoms with Gasteiger partial charge in [0.05, 0.1) is 0 Å². The van der Waals surface area contributed by atoms with Gasteiger partial charge in [-0.15, -0.1) is 193 Å². The molecule has 0 aliphatic heterocycles. The van der Waals surface area contributed by atoms with Crippen molar-refractivity contribution >= 4 is 205 Å². The number of carbonyl (C=O) groups is 2. The molecule has 137 heavy (non-hydrogen) atoms. The summed E-state index contributed by atoms with van der Waals surface area (Å²) in [5, 5.41) is 0. The largest absolute Gasteiger partial charge is 0.457 e. The summed E-state index contributed by atoms with van der Waals surface area (Å²) in [5.74, 6) is -0.551. The summed E-state index contributed by atoms with van der Waals surface area (Å²) in [5.41, 5.74) is 7.89. The van der Waals surface area contributed by atoms with Crippen LogP contribution in [0.3, 0.4) is 0 Å². The Bertz CT molecular complexity index is 6660. The van der Waals surface area contributed by atoms with E-state index in [4.69, 9.17) is 9.47 Å². The third-order valence-corrected chi connectivity index (χ3v) is 46.8. The highest BCUT2D eigenvalue weighted by Gasteiger charge is 2.26. The van der Waals surface area contributed by atoms with Crippen LogP contribution in [-0.2, 0) is 48.4 Å². The summed E-state index contributed by atoms with van der Waals surface area (Å²) in [6.45, 7) is 9.76. The number of aryl methyl sites for hydroxylation is 4. The average Bonchev–Trinajstić information content (AvgIpc) is 1.64. The Balaban J connectivity index is 0.516. The first kappa shape index (κ1) is 98.1. The van der Waals surface area contributed by atoms with E-state index in [1.165, 1.54) is 345 Å². The molecule has 0 aliphatic rings. The predicted octanol–water partition coefficient (Wildman–Crippen LogP) is 43.7. The maximum Gasteiger partial charge on any atom is 0.348 e. The van der Waals surface area contributed by atoms with Gasteiger partial charge in [0.15, 0.2) is 0 Å². The van der Waals surface area contributed by atoms with Crippen molar-refractivity contribution in [3.63, 3.8) is 0 Å². The summed E-state index contributed by atoms with van der Waals surface area (Å²) < 4.78 is 11.4. The van der Waals surface area contributed by atoms with Gasteiger partial charge >= 0.3 is 11.9 Å². The number of benzene rings is 2. The minimum atomic E-state index is -0.275. The van der Waals surface area contributed by atoms with Gasteiger partial charge in [0.2, 0.25) is 0 Å². The predicted molar refractivity (Wildman–Crippen MR) is 617 cm³/mol. The van der Waals surface area contributed by atoms with E-state index in [2.05, 4.69) is 198 Å². The number of esters is 2. The summed E-state index contributed by atoms with van der Waals surface area (Å²) in [6.07, 6.45) is 35.1. The highest BCUT2D eigenvalue weighted by Crippen LogP contribution is 2.55. The van der Waals surface area contributed by atoms with Crippen LogP contribution in [0.1, 0.15) is 235 Å². The van der Waals surface area contributed by atoms with Crippen LogP contribution < -0.4 is 0 Å². The monoisotopic (exact) mass is 2110 g/mol. The van der Waals surface area contributed by atoms with Crippen LogP contribution in [0.15, 0.2) is 243 Å². The lowest BCUT2D eigenvalue weighted by atomic mass is 10.0. The van der Waals surface area contributed by atoms with Crippen molar-refractivity contribution in [3.8, 4) is 156 Å². The molecule has 0 bridgehead atoms. The van der Waals surface area contributed by atoms with Gasteiger partial charge in [-0.3, -0.25) is 0 Å². The fourth-order valence-electron chi connectivity index (χ4n) is 17.5. The molecule has 0 saturated carbocycles. The molecule has 0 spiro atoms. The molecule has 4 nitrogen and oxygen atoms in total. The van der Waals surface area contributed by atoms with Gasteiger partial charge < -0.3 is 9.47 Å². The quantitative estimate of drug-likeness (QED) is 0.0282. The number of thiophene rings is 17. The zero-order chi connectivity index (χ0) is 93.2. The highest BCUT2D eigenvalue weighted by atomic mass is 32.2. The van der Waals surface area contributed by atoms with Crippen molar-refractivity contribution in [2.75, 3.05) is 0 Å². The smallest absolute Gasteiger partial charge is 0.348 e. The highest BCUT2D eigenvalue weighted by molar-refractivity contribution is 7.35. The molecular formula is C116H112O4S17. The van der Waals surface area contributed by atoms with Crippen LogP contribution >= 0.6 is 193 Å². The number of ether oxygens (including phenoxy) is 2. The van der Waals surface area contributed by atoms with Crippen molar-refractivity contribution in [2.24, 2.45) is 0 Å². The van der Waals surface area contributed by atoms with Crippen molar-refractivity contribution in [3.05, 3.63) is 286 Å². The second-order valence-corrected chi connectivity index (χ2v) is 53.5. The van der Waals surface area contributed by atoms with E-state index >= 15 is 0 Å². The number of hydrogen-bond acceptors (Lipinski definition) is 21. The normalized spacial score (nSPS) is 11.7. The number of carbonyl (C=O) groups excluding carboxylic acids is 2. The molecule has 17 heterocycles. The van der Waals surface area contributed by atoms with E-state index in [0.29, 0.717) is 9.75 Å². The molecule has 21 heteroatoms. The molecule has 19 rings (SSSR count). The average molecular weight is 2120 g/mol. The summed E-state index contributed by atoms with van der Waals surface area (Å²) in [7, 11) is 0. The molecule has 0 N–H and O–H groups in total. The van der Waals surface area contributed by atoms with Gasteiger partial charge in [-0.25, -0.2) is 9.59 Å². The molecule has 0 aliphatic carbocycles. The Labute approximate surface area is 876 Å². The van der Waals surface area contributed by atoms with E-state index in [0.717, 1.165) is 46.6 Å². The van der Waals surface area contributed by atoms with Crippen LogP contribution in [0.5, 0.6) is 0 Å².